The molecule has 0 unspecified atom stereocenters. The molecule has 0 radical (unpaired) electrons. The van der Waals surface area contributed by atoms with E-state index in [0.717, 1.165) is 30.8 Å². The van der Waals surface area contributed by atoms with Crippen molar-refractivity contribution in [2.24, 2.45) is 0 Å². The summed E-state index contributed by atoms with van der Waals surface area (Å²) in [6.45, 7) is 1.47. The van der Waals surface area contributed by atoms with Crippen LogP contribution in [0.2, 0.25) is 0 Å². The molecule has 4 rings (SSSR count). The maximum Gasteiger partial charge on any atom is 0.318 e. The van der Waals surface area contributed by atoms with Crippen LogP contribution < -0.4 is 4.90 Å². The van der Waals surface area contributed by atoms with Crippen LogP contribution in [0.3, 0.4) is 0 Å². The molecule has 1 fully saturated rings. The Morgan fingerprint density at radius 1 is 1.40 bits per heavy atom. The second-order valence-corrected chi connectivity index (χ2v) is 5.66. The first-order valence-electron chi connectivity index (χ1n) is 6.99. The molecule has 0 amide bonds. The van der Waals surface area contributed by atoms with Gasteiger partial charge < -0.3 is 14.3 Å². The van der Waals surface area contributed by atoms with Gasteiger partial charge in [-0.3, -0.25) is 0 Å². The summed E-state index contributed by atoms with van der Waals surface area (Å²) >= 11 is 0. The molecular weight excluding hydrogens is 261 g/mol. The lowest BCUT2D eigenvalue weighted by atomic mass is 9.80. The molecule has 0 aromatic carbocycles. The van der Waals surface area contributed by atoms with Crippen molar-refractivity contribution in [1.82, 2.24) is 20.2 Å². The lowest BCUT2D eigenvalue weighted by molar-refractivity contribution is 0.0569. The number of rotatable bonds is 3. The van der Waals surface area contributed by atoms with Crippen LogP contribution in [0.1, 0.15) is 36.5 Å². The van der Waals surface area contributed by atoms with Crippen molar-refractivity contribution in [3.8, 4) is 0 Å². The first kappa shape index (κ1) is 11.9. The minimum atomic E-state index is -1.12. The number of aromatic nitrogens is 4. The number of H-pyrrole nitrogens is 1. The molecule has 2 aromatic rings. The maximum atomic E-state index is 14.0. The highest BCUT2D eigenvalue weighted by atomic mass is 19.1. The highest BCUT2D eigenvalue weighted by Gasteiger charge is 2.39. The first-order chi connectivity index (χ1) is 9.72. The number of aromatic amines is 1. The summed E-state index contributed by atoms with van der Waals surface area (Å²) in [5.74, 6) is 0.401. The van der Waals surface area contributed by atoms with Crippen molar-refractivity contribution >= 4 is 6.01 Å². The molecule has 1 aliphatic heterocycles. The normalized spacial score (nSPS) is 20.6. The molecule has 20 heavy (non-hydrogen) atoms. The predicted molar refractivity (Wildman–Crippen MR) is 69.0 cm³/mol. The smallest absolute Gasteiger partial charge is 0.318 e. The van der Waals surface area contributed by atoms with Crippen LogP contribution in [0.5, 0.6) is 0 Å². The standard InChI is InChI=1S/C13H16FN5O/c14-13(3-1-4-13)6-11-17-18-12(20-11)19-5-2-9-10(7-19)16-8-15-9/h8H,1-7H2,(H,15,16). The Morgan fingerprint density at radius 3 is 3.10 bits per heavy atom. The molecule has 2 aliphatic rings. The van der Waals surface area contributed by atoms with E-state index in [-0.39, 0.29) is 6.42 Å². The number of hydrogen-bond donors (Lipinski definition) is 1. The lowest BCUT2D eigenvalue weighted by Crippen LogP contribution is -2.34. The lowest BCUT2D eigenvalue weighted by Gasteiger charge is -2.32. The Labute approximate surface area is 115 Å². The molecule has 1 N–H and O–H groups in total. The minimum Gasteiger partial charge on any atom is -0.408 e. The third-order valence-electron chi connectivity index (χ3n) is 4.22. The summed E-state index contributed by atoms with van der Waals surface area (Å²) in [6, 6.07) is 0.475. The van der Waals surface area contributed by atoms with Crippen molar-refractivity contribution in [2.45, 2.75) is 44.3 Å². The zero-order valence-corrected chi connectivity index (χ0v) is 11.1. The molecule has 7 heteroatoms. The fourth-order valence-corrected chi connectivity index (χ4v) is 2.83. The SMILES string of the molecule is FC1(Cc2nnc(N3CCc4nc[nH]c4C3)o2)CCC1. The molecule has 0 bridgehead atoms. The Balaban J connectivity index is 1.48. The van der Waals surface area contributed by atoms with Crippen molar-refractivity contribution < 1.29 is 8.81 Å². The van der Waals surface area contributed by atoms with E-state index in [1.807, 2.05) is 4.90 Å². The van der Waals surface area contributed by atoms with Crippen LogP contribution in [-0.4, -0.2) is 32.4 Å². The molecular formula is C13H16FN5O. The average molecular weight is 277 g/mol. The number of nitrogens with zero attached hydrogens (tertiary/aromatic N) is 4. The van der Waals surface area contributed by atoms with Crippen LogP contribution in [0.4, 0.5) is 10.4 Å². The van der Waals surface area contributed by atoms with Gasteiger partial charge in [0.1, 0.15) is 5.67 Å². The zero-order chi connectivity index (χ0) is 13.6. The fourth-order valence-electron chi connectivity index (χ4n) is 2.83. The average Bonchev–Trinajstić information content (AvgIpc) is 3.04. The topological polar surface area (TPSA) is 70.8 Å². The number of nitrogens with one attached hydrogen (secondary N) is 1. The van der Waals surface area contributed by atoms with Crippen molar-refractivity contribution in [3.63, 3.8) is 0 Å². The number of anilines is 1. The van der Waals surface area contributed by atoms with Gasteiger partial charge in [-0.25, -0.2) is 9.37 Å². The second kappa shape index (κ2) is 4.29. The third-order valence-corrected chi connectivity index (χ3v) is 4.22. The number of imidazole rings is 1. The summed E-state index contributed by atoms with van der Waals surface area (Å²) in [5, 5.41) is 8.03. The van der Waals surface area contributed by atoms with Crippen LogP contribution in [-0.2, 0) is 19.4 Å². The van der Waals surface area contributed by atoms with E-state index in [0.29, 0.717) is 31.3 Å². The zero-order valence-electron chi connectivity index (χ0n) is 11.1. The number of alkyl halides is 1. The molecule has 3 heterocycles. The molecule has 0 spiro atoms. The fraction of sp³-hybridized carbons (Fsp3) is 0.615. The largest absolute Gasteiger partial charge is 0.408 e. The Hall–Kier alpha value is -1.92. The summed E-state index contributed by atoms with van der Waals surface area (Å²) in [7, 11) is 0. The molecule has 0 atom stereocenters. The van der Waals surface area contributed by atoms with Gasteiger partial charge in [-0.1, -0.05) is 5.10 Å². The Morgan fingerprint density at radius 2 is 2.30 bits per heavy atom. The van der Waals surface area contributed by atoms with Crippen molar-refractivity contribution in [3.05, 3.63) is 23.6 Å². The van der Waals surface area contributed by atoms with Gasteiger partial charge in [-0.05, 0) is 19.3 Å². The highest BCUT2D eigenvalue weighted by molar-refractivity contribution is 5.31. The molecule has 0 saturated heterocycles. The number of fused-ring (bicyclic) bond motifs is 1. The van der Waals surface area contributed by atoms with E-state index in [4.69, 9.17) is 4.42 Å². The van der Waals surface area contributed by atoms with E-state index in [1.165, 1.54) is 0 Å². The summed E-state index contributed by atoms with van der Waals surface area (Å²) < 4.78 is 19.7. The quantitative estimate of drug-likeness (QED) is 0.926. The van der Waals surface area contributed by atoms with E-state index >= 15 is 0 Å². The van der Waals surface area contributed by atoms with Crippen molar-refractivity contribution in [1.29, 1.82) is 0 Å². The maximum absolute atomic E-state index is 14.0. The minimum absolute atomic E-state index is 0.239. The van der Waals surface area contributed by atoms with Crippen LogP contribution in [0.15, 0.2) is 10.7 Å². The second-order valence-electron chi connectivity index (χ2n) is 5.66. The molecule has 106 valence electrons. The van der Waals surface area contributed by atoms with Gasteiger partial charge in [0.15, 0.2) is 0 Å². The molecule has 2 aromatic heterocycles. The molecule has 1 saturated carbocycles. The van der Waals surface area contributed by atoms with Gasteiger partial charge in [0.05, 0.1) is 30.7 Å². The number of hydrogen-bond acceptors (Lipinski definition) is 5. The molecule has 6 nitrogen and oxygen atoms in total. The van der Waals surface area contributed by atoms with Gasteiger partial charge in [-0.2, -0.15) is 0 Å². The van der Waals surface area contributed by atoms with Crippen LogP contribution in [0, 0.1) is 0 Å². The summed E-state index contributed by atoms with van der Waals surface area (Å²) in [5.41, 5.74) is 1.05. The Kier molecular flexibility index (Phi) is 2.55. The number of halogens is 1. The molecule has 1 aliphatic carbocycles. The van der Waals surface area contributed by atoms with Crippen LogP contribution >= 0.6 is 0 Å². The Bertz CT molecular complexity index is 618. The van der Waals surface area contributed by atoms with Gasteiger partial charge in [0, 0.05) is 13.0 Å². The van der Waals surface area contributed by atoms with Gasteiger partial charge in [0.25, 0.3) is 0 Å². The summed E-state index contributed by atoms with van der Waals surface area (Å²) in [6.07, 6.45) is 4.95. The van der Waals surface area contributed by atoms with Crippen molar-refractivity contribution in [2.75, 3.05) is 11.4 Å². The monoisotopic (exact) mass is 277 g/mol. The van der Waals surface area contributed by atoms with E-state index < -0.39 is 5.67 Å². The van der Waals surface area contributed by atoms with E-state index in [2.05, 4.69) is 20.2 Å². The van der Waals surface area contributed by atoms with Gasteiger partial charge in [-0.15, -0.1) is 5.10 Å². The van der Waals surface area contributed by atoms with E-state index in [9.17, 15) is 4.39 Å². The highest BCUT2D eigenvalue weighted by Crippen LogP contribution is 2.38. The van der Waals surface area contributed by atoms with Gasteiger partial charge >= 0.3 is 6.01 Å². The summed E-state index contributed by atoms with van der Waals surface area (Å²) in [4.78, 5) is 9.38. The predicted octanol–water partition coefficient (Wildman–Crippen LogP) is 1.79. The van der Waals surface area contributed by atoms with E-state index in [1.54, 1.807) is 6.33 Å². The van der Waals surface area contributed by atoms with Crippen LogP contribution in [0.25, 0.3) is 0 Å². The first-order valence-corrected chi connectivity index (χ1v) is 6.99. The third kappa shape index (κ3) is 1.97. The van der Waals surface area contributed by atoms with Gasteiger partial charge in [0.2, 0.25) is 5.89 Å².